The van der Waals surface area contributed by atoms with Crippen LogP contribution < -0.4 is 5.32 Å². The number of amides is 1. The molecule has 0 saturated carbocycles. The lowest BCUT2D eigenvalue weighted by Gasteiger charge is -2.07. The van der Waals surface area contributed by atoms with Crippen LogP contribution in [0.15, 0.2) is 24.3 Å². The molecule has 0 aliphatic rings. The first-order valence-corrected chi connectivity index (χ1v) is 8.39. The van der Waals surface area contributed by atoms with Gasteiger partial charge in [-0.3, -0.25) is 9.48 Å². The Labute approximate surface area is 138 Å². The minimum absolute atomic E-state index is 0.0500. The fraction of sp³-hybridized carbons (Fsp3) is 0.474. The van der Waals surface area contributed by atoms with Crippen LogP contribution in [-0.2, 0) is 24.7 Å². The summed E-state index contributed by atoms with van der Waals surface area (Å²) in [5, 5.41) is 7.37. The Bertz CT molecular complexity index is 656. The number of carbonyl (C=O) groups excluding carboxylic acids is 1. The lowest BCUT2D eigenvalue weighted by Crippen LogP contribution is -2.12. The Morgan fingerprint density at radius 2 is 1.87 bits per heavy atom. The maximum atomic E-state index is 12.1. The van der Waals surface area contributed by atoms with Crippen molar-refractivity contribution in [3.63, 3.8) is 0 Å². The van der Waals surface area contributed by atoms with Crippen LogP contribution in [0, 0.1) is 13.8 Å². The maximum Gasteiger partial charge on any atom is 0.224 e. The molecule has 23 heavy (non-hydrogen) atoms. The summed E-state index contributed by atoms with van der Waals surface area (Å²) < 4.78 is 1.87. The van der Waals surface area contributed by atoms with Gasteiger partial charge in [-0.15, -0.1) is 0 Å². The number of carbonyl (C=O) groups is 1. The van der Waals surface area contributed by atoms with Gasteiger partial charge >= 0.3 is 0 Å². The van der Waals surface area contributed by atoms with Crippen LogP contribution in [0.3, 0.4) is 0 Å². The summed E-state index contributed by atoms with van der Waals surface area (Å²) in [4.78, 5) is 12.1. The Kier molecular flexibility index (Phi) is 5.97. The van der Waals surface area contributed by atoms with Crippen molar-refractivity contribution in [2.24, 2.45) is 7.05 Å². The second-order valence-corrected chi connectivity index (χ2v) is 6.12. The molecular formula is C19H27N3O. The van der Waals surface area contributed by atoms with Crippen molar-refractivity contribution in [1.29, 1.82) is 0 Å². The molecule has 0 fully saturated rings. The van der Waals surface area contributed by atoms with E-state index in [0.717, 1.165) is 29.9 Å². The number of nitrogens with one attached hydrogen (secondary N) is 1. The topological polar surface area (TPSA) is 46.9 Å². The van der Waals surface area contributed by atoms with Crippen molar-refractivity contribution in [3.05, 3.63) is 46.8 Å². The van der Waals surface area contributed by atoms with Crippen molar-refractivity contribution >= 4 is 11.6 Å². The smallest absolute Gasteiger partial charge is 0.224 e. The number of nitrogens with zero attached hydrogens (tertiary/aromatic N) is 2. The van der Waals surface area contributed by atoms with Gasteiger partial charge in [-0.05, 0) is 56.4 Å². The van der Waals surface area contributed by atoms with Gasteiger partial charge in [0.15, 0.2) is 0 Å². The Hall–Kier alpha value is -2.10. The van der Waals surface area contributed by atoms with Crippen LogP contribution in [0.1, 0.15) is 48.7 Å². The summed E-state index contributed by atoms with van der Waals surface area (Å²) in [6.45, 7) is 6.23. The van der Waals surface area contributed by atoms with Gasteiger partial charge in [0.05, 0.1) is 5.69 Å². The van der Waals surface area contributed by atoms with Gasteiger partial charge in [0.25, 0.3) is 0 Å². The van der Waals surface area contributed by atoms with E-state index < -0.39 is 0 Å². The zero-order valence-electron chi connectivity index (χ0n) is 14.6. The molecule has 1 N–H and O–H groups in total. The fourth-order valence-electron chi connectivity index (χ4n) is 2.78. The monoisotopic (exact) mass is 313 g/mol. The van der Waals surface area contributed by atoms with Gasteiger partial charge in [-0.1, -0.05) is 25.5 Å². The normalized spacial score (nSPS) is 10.8. The minimum Gasteiger partial charge on any atom is -0.326 e. The number of unbranched alkanes of at least 4 members (excludes halogenated alkanes) is 1. The summed E-state index contributed by atoms with van der Waals surface area (Å²) in [6.07, 6.45) is 4.71. The van der Waals surface area contributed by atoms with Gasteiger partial charge in [0, 0.05) is 24.8 Å². The van der Waals surface area contributed by atoms with Crippen molar-refractivity contribution < 1.29 is 4.79 Å². The fourth-order valence-corrected chi connectivity index (χ4v) is 2.78. The number of hydrogen-bond acceptors (Lipinski definition) is 2. The third kappa shape index (κ3) is 4.68. The number of rotatable bonds is 7. The average molecular weight is 313 g/mol. The summed E-state index contributed by atoms with van der Waals surface area (Å²) in [7, 11) is 1.94. The first-order chi connectivity index (χ1) is 11.0. The molecule has 4 heteroatoms. The van der Waals surface area contributed by atoms with E-state index in [1.165, 1.54) is 24.0 Å². The van der Waals surface area contributed by atoms with Crippen molar-refractivity contribution in [2.75, 3.05) is 5.32 Å². The van der Waals surface area contributed by atoms with E-state index in [0.29, 0.717) is 6.42 Å². The van der Waals surface area contributed by atoms with Crippen LogP contribution in [0.25, 0.3) is 0 Å². The number of benzene rings is 1. The summed E-state index contributed by atoms with van der Waals surface area (Å²) >= 11 is 0. The molecule has 0 aliphatic heterocycles. The van der Waals surface area contributed by atoms with Crippen LogP contribution in [0.2, 0.25) is 0 Å². The first-order valence-electron chi connectivity index (χ1n) is 8.39. The molecular weight excluding hydrogens is 286 g/mol. The van der Waals surface area contributed by atoms with Gasteiger partial charge in [-0.25, -0.2) is 0 Å². The van der Waals surface area contributed by atoms with Crippen molar-refractivity contribution in [3.8, 4) is 0 Å². The number of aromatic nitrogens is 2. The van der Waals surface area contributed by atoms with Crippen LogP contribution in [-0.4, -0.2) is 15.7 Å². The highest BCUT2D eigenvalue weighted by molar-refractivity contribution is 5.90. The van der Waals surface area contributed by atoms with Crippen LogP contribution in [0.5, 0.6) is 0 Å². The maximum absolute atomic E-state index is 12.1. The van der Waals surface area contributed by atoms with E-state index in [1.54, 1.807) is 0 Å². The van der Waals surface area contributed by atoms with Gasteiger partial charge in [0.2, 0.25) is 5.91 Å². The molecule has 0 saturated heterocycles. The molecule has 0 radical (unpaired) electrons. The van der Waals surface area contributed by atoms with E-state index >= 15 is 0 Å². The number of hydrogen-bond donors (Lipinski definition) is 1. The minimum atomic E-state index is 0.0500. The van der Waals surface area contributed by atoms with E-state index in [9.17, 15) is 4.79 Å². The molecule has 0 bridgehead atoms. The highest BCUT2D eigenvalue weighted by Crippen LogP contribution is 2.16. The summed E-state index contributed by atoms with van der Waals surface area (Å²) in [5.41, 5.74) is 5.52. The molecule has 0 atom stereocenters. The van der Waals surface area contributed by atoms with E-state index in [1.807, 2.05) is 37.7 Å². The number of anilines is 1. The first kappa shape index (κ1) is 17.3. The van der Waals surface area contributed by atoms with E-state index in [2.05, 4.69) is 29.5 Å². The lowest BCUT2D eigenvalue weighted by atomic mass is 10.1. The third-order valence-corrected chi connectivity index (χ3v) is 4.32. The Balaban J connectivity index is 1.87. The van der Waals surface area contributed by atoms with Gasteiger partial charge < -0.3 is 5.32 Å². The molecule has 1 aromatic carbocycles. The average Bonchev–Trinajstić information content (AvgIpc) is 2.77. The Morgan fingerprint density at radius 3 is 2.43 bits per heavy atom. The summed E-state index contributed by atoms with van der Waals surface area (Å²) in [5.74, 6) is 0.0500. The zero-order chi connectivity index (χ0) is 16.8. The SMILES string of the molecule is CCCCc1ccc(NC(=O)CCc2c(C)nn(C)c2C)cc1. The predicted octanol–water partition coefficient (Wildman–Crippen LogP) is 3.95. The van der Waals surface area contributed by atoms with E-state index in [-0.39, 0.29) is 5.91 Å². The number of aryl methyl sites for hydroxylation is 3. The molecule has 1 heterocycles. The molecule has 1 aromatic heterocycles. The second kappa shape index (κ2) is 7.95. The quantitative estimate of drug-likeness (QED) is 0.841. The van der Waals surface area contributed by atoms with Crippen molar-refractivity contribution in [2.45, 2.75) is 52.9 Å². The van der Waals surface area contributed by atoms with Gasteiger partial charge in [0.1, 0.15) is 0 Å². The molecule has 0 spiro atoms. The predicted molar refractivity (Wildman–Crippen MR) is 94.7 cm³/mol. The molecule has 124 valence electrons. The molecule has 2 aromatic rings. The molecule has 4 nitrogen and oxygen atoms in total. The van der Waals surface area contributed by atoms with E-state index in [4.69, 9.17) is 0 Å². The zero-order valence-corrected chi connectivity index (χ0v) is 14.6. The molecule has 0 aliphatic carbocycles. The molecule has 1 amide bonds. The highest BCUT2D eigenvalue weighted by Gasteiger charge is 2.11. The lowest BCUT2D eigenvalue weighted by molar-refractivity contribution is -0.116. The molecule has 0 unspecified atom stereocenters. The largest absolute Gasteiger partial charge is 0.326 e. The molecule has 2 rings (SSSR count). The highest BCUT2D eigenvalue weighted by atomic mass is 16.1. The summed E-state index contributed by atoms with van der Waals surface area (Å²) in [6, 6.07) is 8.17. The standard InChI is InChI=1S/C19H27N3O/c1-5-6-7-16-8-10-17(11-9-16)20-19(23)13-12-18-14(2)21-22(4)15(18)3/h8-11H,5-7,12-13H2,1-4H3,(H,20,23). The van der Waals surface area contributed by atoms with Crippen molar-refractivity contribution in [1.82, 2.24) is 9.78 Å². The van der Waals surface area contributed by atoms with Gasteiger partial charge in [-0.2, -0.15) is 5.10 Å². The van der Waals surface area contributed by atoms with Crippen LogP contribution in [0.4, 0.5) is 5.69 Å². The second-order valence-electron chi connectivity index (χ2n) is 6.12. The Morgan fingerprint density at radius 1 is 1.17 bits per heavy atom. The van der Waals surface area contributed by atoms with Crippen LogP contribution >= 0.6 is 0 Å². The third-order valence-electron chi connectivity index (χ3n) is 4.32.